The third-order valence-corrected chi connectivity index (χ3v) is 3.81. The van der Waals surface area contributed by atoms with E-state index in [-0.39, 0.29) is 12.3 Å². The van der Waals surface area contributed by atoms with E-state index in [1.54, 1.807) is 7.05 Å². The molecule has 112 valence electrons. The zero-order chi connectivity index (χ0) is 15.7. The van der Waals surface area contributed by atoms with E-state index in [1.807, 2.05) is 32.9 Å². The van der Waals surface area contributed by atoms with Crippen molar-refractivity contribution >= 4 is 17.6 Å². The first kappa shape index (κ1) is 15.2. The van der Waals surface area contributed by atoms with Crippen LogP contribution in [-0.2, 0) is 9.59 Å². The van der Waals surface area contributed by atoms with Crippen molar-refractivity contribution in [2.24, 2.45) is 0 Å². The highest BCUT2D eigenvalue weighted by Gasteiger charge is 2.31. The number of likely N-dealkylation sites (N-methyl/N-ethyl adjacent to an activating group) is 1. The molecule has 0 aromatic heterocycles. The molecule has 0 aliphatic carbocycles. The summed E-state index contributed by atoms with van der Waals surface area (Å²) < 4.78 is 0. The van der Waals surface area contributed by atoms with Gasteiger partial charge in [-0.1, -0.05) is 17.7 Å². The predicted octanol–water partition coefficient (Wildman–Crippen LogP) is 1.10. The molecular weight excluding hydrogens is 268 g/mol. The summed E-state index contributed by atoms with van der Waals surface area (Å²) in [4.78, 5) is 38.8. The molecular formula is C16H20N2O3. The zero-order valence-corrected chi connectivity index (χ0v) is 12.9. The Kier molecular flexibility index (Phi) is 4.11. The Bertz CT molecular complexity index is 599. The largest absolute Gasteiger partial charge is 0.336 e. The molecule has 1 aromatic carbocycles. The maximum atomic E-state index is 12.5. The Hall–Kier alpha value is -2.17. The standard InChI is InChI=1S/C16H20N2O3/c1-10-7-11(2)14(12(3)8-10)13(19)9-18-6-5-17(4)15(20)16(18)21/h7-8H,5-6,9H2,1-4H3. The zero-order valence-electron chi connectivity index (χ0n) is 12.9. The maximum absolute atomic E-state index is 12.5. The van der Waals surface area contributed by atoms with Crippen LogP contribution in [0.2, 0.25) is 0 Å². The van der Waals surface area contributed by atoms with E-state index in [0.29, 0.717) is 18.7 Å². The van der Waals surface area contributed by atoms with Crippen LogP contribution in [0.5, 0.6) is 0 Å². The van der Waals surface area contributed by atoms with Gasteiger partial charge in [-0.2, -0.15) is 0 Å². The Balaban J connectivity index is 2.19. The summed E-state index contributed by atoms with van der Waals surface area (Å²) >= 11 is 0. The van der Waals surface area contributed by atoms with Crippen LogP contribution >= 0.6 is 0 Å². The Morgan fingerprint density at radius 2 is 1.62 bits per heavy atom. The highest BCUT2D eigenvalue weighted by atomic mass is 16.2. The predicted molar refractivity (Wildman–Crippen MR) is 79.2 cm³/mol. The number of piperazine rings is 1. The van der Waals surface area contributed by atoms with E-state index in [2.05, 4.69) is 0 Å². The Morgan fingerprint density at radius 3 is 2.19 bits per heavy atom. The van der Waals surface area contributed by atoms with Gasteiger partial charge in [0, 0.05) is 25.7 Å². The number of nitrogens with zero attached hydrogens (tertiary/aromatic N) is 2. The Labute approximate surface area is 124 Å². The minimum Gasteiger partial charge on any atom is -0.336 e. The van der Waals surface area contributed by atoms with Crippen molar-refractivity contribution in [2.75, 3.05) is 26.7 Å². The topological polar surface area (TPSA) is 57.7 Å². The summed E-state index contributed by atoms with van der Waals surface area (Å²) in [6.45, 7) is 6.59. The number of ketones is 1. The third kappa shape index (κ3) is 2.96. The number of carbonyl (C=O) groups is 3. The fraction of sp³-hybridized carbons (Fsp3) is 0.438. The minimum absolute atomic E-state index is 0.0385. The van der Waals surface area contributed by atoms with Gasteiger partial charge in [-0.05, 0) is 31.9 Å². The molecule has 1 heterocycles. The first-order chi connectivity index (χ1) is 9.81. The molecule has 0 bridgehead atoms. The molecule has 1 saturated heterocycles. The van der Waals surface area contributed by atoms with Crippen molar-refractivity contribution in [2.45, 2.75) is 20.8 Å². The van der Waals surface area contributed by atoms with Crippen LogP contribution in [0, 0.1) is 20.8 Å². The number of benzene rings is 1. The number of Topliss-reactive ketones (excluding diaryl/α,β-unsaturated/α-hetero) is 1. The molecule has 0 unspecified atom stereocenters. The van der Waals surface area contributed by atoms with Gasteiger partial charge in [-0.15, -0.1) is 0 Å². The number of hydrogen-bond acceptors (Lipinski definition) is 3. The van der Waals surface area contributed by atoms with Gasteiger partial charge in [0.25, 0.3) is 0 Å². The number of carbonyl (C=O) groups excluding carboxylic acids is 3. The second-order valence-corrected chi connectivity index (χ2v) is 5.65. The van der Waals surface area contributed by atoms with Gasteiger partial charge in [-0.25, -0.2) is 0 Å². The van der Waals surface area contributed by atoms with E-state index in [4.69, 9.17) is 0 Å². The molecule has 5 heteroatoms. The van der Waals surface area contributed by atoms with Crippen LogP contribution in [0.1, 0.15) is 27.0 Å². The summed E-state index contributed by atoms with van der Waals surface area (Å²) in [6, 6.07) is 3.91. The lowest BCUT2D eigenvalue weighted by molar-refractivity contribution is -0.154. The Morgan fingerprint density at radius 1 is 1.05 bits per heavy atom. The lowest BCUT2D eigenvalue weighted by Crippen LogP contribution is -2.54. The van der Waals surface area contributed by atoms with Gasteiger partial charge in [0.1, 0.15) is 0 Å². The first-order valence-electron chi connectivity index (χ1n) is 6.96. The smallest absolute Gasteiger partial charge is 0.312 e. The normalized spacial score (nSPS) is 15.6. The van der Waals surface area contributed by atoms with Gasteiger partial charge < -0.3 is 9.80 Å². The molecule has 5 nitrogen and oxygen atoms in total. The van der Waals surface area contributed by atoms with E-state index in [9.17, 15) is 14.4 Å². The van der Waals surface area contributed by atoms with Crippen LogP contribution in [-0.4, -0.2) is 54.1 Å². The van der Waals surface area contributed by atoms with Crippen LogP contribution in [0.15, 0.2) is 12.1 Å². The molecule has 2 rings (SSSR count). The molecule has 2 amide bonds. The molecule has 1 aromatic rings. The van der Waals surface area contributed by atoms with Crippen molar-refractivity contribution in [3.63, 3.8) is 0 Å². The van der Waals surface area contributed by atoms with Crippen molar-refractivity contribution < 1.29 is 14.4 Å². The number of amides is 2. The summed E-state index contributed by atoms with van der Waals surface area (Å²) in [5.41, 5.74) is 3.57. The monoisotopic (exact) mass is 288 g/mol. The van der Waals surface area contributed by atoms with Gasteiger partial charge in [0.05, 0.1) is 6.54 Å². The molecule has 0 radical (unpaired) electrons. The highest BCUT2D eigenvalue weighted by Crippen LogP contribution is 2.18. The quantitative estimate of drug-likeness (QED) is 0.618. The van der Waals surface area contributed by atoms with Crippen LogP contribution in [0.4, 0.5) is 0 Å². The van der Waals surface area contributed by atoms with Crippen LogP contribution < -0.4 is 0 Å². The van der Waals surface area contributed by atoms with Gasteiger partial charge in [0.2, 0.25) is 0 Å². The van der Waals surface area contributed by atoms with Crippen molar-refractivity contribution in [1.29, 1.82) is 0 Å². The summed E-state index contributed by atoms with van der Waals surface area (Å²) in [6.07, 6.45) is 0. The molecule has 0 atom stereocenters. The van der Waals surface area contributed by atoms with E-state index >= 15 is 0 Å². The highest BCUT2D eigenvalue weighted by molar-refractivity contribution is 6.35. The fourth-order valence-corrected chi connectivity index (χ4v) is 2.80. The average molecular weight is 288 g/mol. The van der Waals surface area contributed by atoms with Crippen molar-refractivity contribution in [3.05, 3.63) is 34.4 Å². The maximum Gasteiger partial charge on any atom is 0.312 e. The van der Waals surface area contributed by atoms with Gasteiger partial charge in [0.15, 0.2) is 5.78 Å². The second-order valence-electron chi connectivity index (χ2n) is 5.65. The number of aryl methyl sites for hydroxylation is 3. The molecule has 1 aliphatic heterocycles. The number of rotatable bonds is 3. The van der Waals surface area contributed by atoms with Crippen LogP contribution in [0.25, 0.3) is 0 Å². The van der Waals surface area contributed by atoms with Crippen molar-refractivity contribution in [3.8, 4) is 0 Å². The fourth-order valence-electron chi connectivity index (χ4n) is 2.80. The third-order valence-electron chi connectivity index (χ3n) is 3.81. The lowest BCUT2D eigenvalue weighted by Gasteiger charge is -2.31. The second kappa shape index (κ2) is 5.68. The molecule has 1 fully saturated rings. The SMILES string of the molecule is Cc1cc(C)c(C(=O)CN2CCN(C)C(=O)C2=O)c(C)c1. The van der Waals surface area contributed by atoms with E-state index in [1.165, 1.54) is 9.80 Å². The average Bonchev–Trinajstić information content (AvgIpc) is 2.38. The summed E-state index contributed by atoms with van der Waals surface area (Å²) in [5.74, 6) is -1.26. The van der Waals surface area contributed by atoms with Gasteiger partial charge in [-0.3, -0.25) is 14.4 Å². The van der Waals surface area contributed by atoms with E-state index < -0.39 is 11.8 Å². The summed E-state index contributed by atoms with van der Waals surface area (Å²) in [7, 11) is 1.59. The molecule has 0 spiro atoms. The molecule has 21 heavy (non-hydrogen) atoms. The summed E-state index contributed by atoms with van der Waals surface area (Å²) in [5, 5.41) is 0. The number of hydrogen-bond donors (Lipinski definition) is 0. The first-order valence-corrected chi connectivity index (χ1v) is 6.96. The van der Waals surface area contributed by atoms with Crippen molar-refractivity contribution in [1.82, 2.24) is 9.80 Å². The molecule has 1 aliphatic rings. The molecule has 0 N–H and O–H groups in total. The van der Waals surface area contributed by atoms with Gasteiger partial charge >= 0.3 is 11.8 Å². The van der Waals surface area contributed by atoms with E-state index in [0.717, 1.165) is 16.7 Å². The lowest BCUT2D eigenvalue weighted by atomic mass is 9.96. The van der Waals surface area contributed by atoms with Crippen LogP contribution in [0.3, 0.4) is 0 Å². The molecule has 0 saturated carbocycles. The minimum atomic E-state index is -0.598.